The number of para-hydroxylation sites is 2. The maximum Gasteiger partial charge on any atom is 0.257 e. The SMILES string of the molecule is COCOc1ccccc1N/C=C1\C(=O)Nc2ccc(S(=O)(=O)NC(C)C)cc21. The molecule has 1 aliphatic heterocycles. The summed E-state index contributed by atoms with van der Waals surface area (Å²) in [7, 11) is -2.15. The predicted octanol–water partition coefficient (Wildman–Crippen LogP) is 2.76. The van der Waals surface area contributed by atoms with Gasteiger partial charge in [-0.2, -0.15) is 0 Å². The van der Waals surface area contributed by atoms with Crippen molar-refractivity contribution in [1.29, 1.82) is 0 Å². The van der Waals surface area contributed by atoms with E-state index >= 15 is 0 Å². The number of hydrogen-bond donors (Lipinski definition) is 3. The van der Waals surface area contributed by atoms with Crippen LogP contribution in [0.4, 0.5) is 11.4 Å². The van der Waals surface area contributed by atoms with Crippen LogP contribution in [0.3, 0.4) is 0 Å². The van der Waals surface area contributed by atoms with E-state index < -0.39 is 10.0 Å². The summed E-state index contributed by atoms with van der Waals surface area (Å²) in [6.45, 7) is 3.57. The maximum atomic E-state index is 12.5. The van der Waals surface area contributed by atoms with Gasteiger partial charge in [0.15, 0.2) is 6.79 Å². The Morgan fingerprint density at radius 2 is 1.93 bits per heavy atom. The number of carbonyl (C=O) groups excluding carboxylic acids is 1. The summed E-state index contributed by atoms with van der Waals surface area (Å²) < 4.78 is 37.9. The van der Waals surface area contributed by atoms with Gasteiger partial charge in [0.2, 0.25) is 10.0 Å². The van der Waals surface area contributed by atoms with Gasteiger partial charge in [-0.1, -0.05) is 12.1 Å². The first-order chi connectivity index (χ1) is 13.8. The van der Waals surface area contributed by atoms with Crippen molar-refractivity contribution in [2.24, 2.45) is 0 Å². The molecule has 0 saturated carbocycles. The molecule has 154 valence electrons. The van der Waals surface area contributed by atoms with Gasteiger partial charge < -0.3 is 20.1 Å². The molecule has 8 nitrogen and oxygen atoms in total. The van der Waals surface area contributed by atoms with Crippen LogP contribution in [0.1, 0.15) is 19.4 Å². The third-order valence-corrected chi connectivity index (χ3v) is 5.72. The Morgan fingerprint density at radius 3 is 2.66 bits per heavy atom. The number of nitrogens with one attached hydrogen (secondary N) is 3. The van der Waals surface area contributed by atoms with Crippen molar-refractivity contribution in [2.45, 2.75) is 24.8 Å². The van der Waals surface area contributed by atoms with Crippen LogP contribution in [0.15, 0.2) is 53.6 Å². The number of sulfonamides is 1. The van der Waals surface area contributed by atoms with Crippen molar-refractivity contribution in [3.8, 4) is 5.75 Å². The third-order valence-electron chi connectivity index (χ3n) is 4.07. The minimum Gasteiger partial charge on any atom is -0.465 e. The van der Waals surface area contributed by atoms with E-state index in [-0.39, 0.29) is 23.6 Å². The molecule has 0 spiro atoms. The van der Waals surface area contributed by atoms with Crippen LogP contribution in [0.5, 0.6) is 5.75 Å². The van der Waals surface area contributed by atoms with E-state index in [0.717, 1.165) is 0 Å². The summed E-state index contributed by atoms with van der Waals surface area (Å²) in [5.74, 6) is 0.233. The van der Waals surface area contributed by atoms with E-state index in [1.54, 1.807) is 32.0 Å². The first-order valence-corrected chi connectivity index (χ1v) is 10.5. The van der Waals surface area contributed by atoms with Crippen molar-refractivity contribution in [2.75, 3.05) is 24.5 Å². The minimum absolute atomic E-state index is 0.0860. The van der Waals surface area contributed by atoms with Crippen LogP contribution < -0.4 is 20.1 Å². The lowest BCUT2D eigenvalue weighted by Crippen LogP contribution is -2.30. The molecule has 0 aromatic heterocycles. The molecule has 1 heterocycles. The molecular weight excluding hydrogens is 394 g/mol. The number of anilines is 2. The Kier molecular flexibility index (Phi) is 6.21. The van der Waals surface area contributed by atoms with Crippen molar-refractivity contribution in [1.82, 2.24) is 4.72 Å². The number of methoxy groups -OCH3 is 1. The van der Waals surface area contributed by atoms with Crippen LogP contribution in [0.2, 0.25) is 0 Å². The zero-order chi connectivity index (χ0) is 21.0. The van der Waals surface area contributed by atoms with E-state index in [0.29, 0.717) is 28.3 Å². The summed E-state index contributed by atoms with van der Waals surface area (Å²) >= 11 is 0. The van der Waals surface area contributed by atoms with E-state index in [1.807, 2.05) is 12.1 Å². The molecule has 1 amide bonds. The zero-order valence-corrected chi connectivity index (χ0v) is 17.2. The van der Waals surface area contributed by atoms with Crippen LogP contribution in [-0.4, -0.2) is 34.3 Å². The average Bonchev–Trinajstić information content (AvgIpc) is 2.98. The molecular formula is C20H23N3O5S. The van der Waals surface area contributed by atoms with Crippen molar-refractivity contribution in [3.63, 3.8) is 0 Å². The summed E-state index contributed by atoms with van der Waals surface area (Å²) in [5, 5.41) is 5.80. The Morgan fingerprint density at radius 1 is 1.17 bits per heavy atom. The highest BCUT2D eigenvalue weighted by atomic mass is 32.2. The van der Waals surface area contributed by atoms with Crippen molar-refractivity contribution in [3.05, 3.63) is 54.2 Å². The Hall–Kier alpha value is -2.88. The number of fused-ring (bicyclic) bond motifs is 1. The molecule has 0 unspecified atom stereocenters. The lowest BCUT2D eigenvalue weighted by Gasteiger charge is -2.11. The van der Waals surface area contributed by atoms with Crippen molar-refractivity contribution >= 4 is 32.9 Å². The van der Waals surface area contributed by atoms with Gasteiger partial charge in [-0.3, -0.25) is 4.79 Å². The number of ether oxygens (including phenoxy) is 2. The number of carbonyl (C=O) groups is 1. The minimum atomic E-state index is -3.68. The quantitative estimate of drug-likeness (QED) is 0.451. The fourth-order valence-corrected chi connectivity index (χ4v) is 4.12. The molecule has 29 heavy (non-hydrogen) atoms. The Labute approximate surface area is 170 Å². The third kappa shape index (κ3) is 4.76. The number of hydrogen-bond acceptors (Lipinski definition) is 6. The zero-order valence-electron chi connectivity index (χ0n) is 16.4. The molecule has 0 saturated heterocycles. The van der Waals surface area contributed by atoms with Gasteiger partial charge in [0.1, 0.15) is 5.75 Å². The van der Waals surface area contributed by atoms with Gasteiger partial charge in [-0.05, 0) is 44.2 Å². The van der Waals surface area contributed by atoms with E-state index in [2.05, 4.69) is 15.4 Å². The fraction of sp³-hybridized carbons (Fsp3) is 0.250. The van der Waals surface area contributed by atoms with Crippen molar-refractivity contribution < 1.29 is 22.7 Å². The van der Waals surface area contributed by atoms with E-state index in [4.69, 9.17) is 9.47 Å². The highest BCUT2D eigenvalue weighted by Gasteiger charge is 2.27. The fourth-order valence-electron chi connectivity index (χ4n) is 2.84. The summed E-state index contributed by atoms with van der Waals surface area (Å²) in [6.07, 6.45) is 1.53. The van der Waals surface area contributed by atoms with E-state index in [9.17, 15) is 13.2 Å². The van der Waals surface area contributed by atoms with Gasteiger partial charge in [0.05, 0.1) is 16.2 Å². The number of rotatable bonds is 8. The molecule has 3 N–H and O–H groups in total. The summed E-state index contributed by atoms with van der Waals surface area (Å²) in [4.78, 5) is 12.5. The molecule has 1 aliphatic rings. The molecule has 3 rings (SSSR count). The first kappa shape index (κ1) is 20.8. The Bertz CT molecular complexity index is 1050. The lowest BCUT2D eigenvalue weighted by atomic mass is 10.1. The highest BCUT2D eigenvalue weighted by Crippen LogP contribution is 2.34. The molecule has 0 fully saturated rings. The Balaban J connectivity index is 1.92. The van der Waals surface area contributed by atoms with Gasteiger partial charge >= 0.3 is 0 Å². The second-order valence-electron chi connectivity index (χ2n) is 6.69. The largest absolute Gasteiger partial charge is 0.465 e. The lowest BCUT2D eigenvalue weighted by molar-refractivity contribution is -0.110. The first-order valence-electron chi connectivity index (χ1n) is 8.97. The second-order valence-corrected chi connectivity index (χ2v) is 8.40. The number of benzene rings is 2. The molecule has 2 aromatic rings. The molecule has 0 atom stereocenters. The van der Waals surface area contributed by atoms with Crippen LogP contribution in [0, 0.1) is 0 Å². The predicted molar refractivity (Wildman–Crippen MR) is 111 cm³/mol. The van der Waals surface area contributed by atoms with Gasteiger partial charge in [-0.25, -0.2) is 13.1 Å². The van der Waals surface area contributed by atoms with Gasteiger partial charge in [0.25, 0.3) is 5.91 Å². The standard InChI is InChI=1S/C20H23N3O5S/c1-13(2)23-29(25,26)14-8-9-17-15(10-14)16(20(24)22-17)11-21-18-6-4-5-7-19(18)28-12-27-3/h4-11,13,21,23H,12H2,1-3H3,(H,22,24)/b16-11-. The van der Waals surface area contributed by atoms with Crippen LogP contribution in [-0.2, 0) is 19.6 Å². The summed E-state index contributed by atoms with van der Waals surface area (Å²) in [6, 6.07) is 11.5. The smallest absolute Gasteiger partial charge is 0.257 e. The molecule has 9 heteroatoms. The maximum absolute atomic E-state index is 12.5. The molecule has 0 aliphatic carbocycles. The average molecular weight is 417 g/mol. The number of amides is 1. The normalized spacial score (nSPS) is 14.8. The van der Waals surface area contributed by atoms with E-state index in [1.165, 1.54) is 25.4 Å². The molecule has 0 bridgehead atoms. The topological polar surface area (TPSA) is 106 Å². The van der Waals surface area contributed by atoms with Crippen LogP contribution in [0.25, 0.3) is 5.57 Å². The second kappa shape index (κ2) is 8.64. The van der Waals surface area contributed by atoms with Gasteiger partial charge in [-0.15, -0.1) is 0 Å². The highest BCUT2D eigenvalue weighted by molar-refractivity contribution is 7.89. The van der Waals surface area contributed by atoms with Gasteiger partial charge in [0, 0.05) is 30.6 Å². The molecule has 2 aromatic carbocycles. The molecule has 0 radical (unpaired) electrons. The van der Waals surface area contributed by atoms with Crippen LogP contribution >= 0.6 is 0 Å². The summed E-state index contributed by atoms with van der Waals surface area (Å²) in [5.41, 5.74) is 2.02. The monoisotopic (exact) mass is 417 g/mol.